The van der Waals surface area contributed by atoms with E-state index >= 15 is 0 Å². The predicted octanol–water partition coefficient (Wildman–Crippen LogP) is 3.78. The maximum Gasteiger partial charge on any atom is 0.303 e. The standard InChI is InChI=1S/C25H34O6/c1-17(19-9-7-8-18(14-19)16-30-2)25(29)13-12-20-21(23(31-25)15-22(20)26)10-5-3-4-6-11-24(27)28/h3,5,7-9,12-14,17,20-23,26,29H,4,6,10-11,15-16H2,1-2H3,(H,27,28)/t17?,20-,21-,22+,23?,25?/m1/s1. The summed E-state index contributed by atoms with van der Waals surface area (Å²) in [6, 6.07) is 7.95. The number of aliphatic hydroxyl groups excluding tert-OH is 1. The molecule has 6 heteroatoms. The van der Waals surface area contributed by atoms with Crippen molar-refractivity contribution in [2.75, 3.05) is 7.11 Å². The first-order chi connectivity index (χ1) is 14.8. The van der Waals surface area contributed by atoms with Gasteiger partial charge in [-0.3, -0.25) is 4.79 Å². The van der Waals surface area contributed by atoms with Crippen LogP contribution in [0.2, 0.25) is 0 Å². The van der Waals surface area contributed by atoms with Crippen molar-refractivity contribution < 1.29 is 29.6 Å². The lowest BCUT2D eigenvalue weighted by atomic mass is 9.88. The van der Waals surface area contributed by atoms with Gasteiger partial charge in [0.05, 0.1) is 18.8 Å². The van der Waals surface area contributed by atoms with E-state index in [0.717, 1.165) is 17.5 Å². The summed E-state index contributed by atoms with van der Waals surface area (Å²) in [5, 5.41) is 30.6. The molecule has 1 fully saturated rings. The Morgan fingerprint density at radius 1 is 1.39 bits per heavy atom. The molecule has 3 N–H and O–H groups in total. The highest BCUT2D eigenvalue weighted by Crippen LogP contribution is 2.45. The summed E-state index contributed by atoms with van der Waals surface area (Å²) in [6.45, 7) is 2.45. The first kappa shape index (κ1) is 23.7. The second-order valence-electron chi connectivity index (χ2n) is 8.70. The Kier molecular flexibility index (Phi) is 8.06. The summed E-state index contributed by atoms with van der Waals surface area (Å²) < 4.78 is 11.5. The number of allylic oxidation sites excluding steroid dienone is 2. The molecule has 0 saturated heterocycles. The van der Waals surface area contributed by atoms with Gasteiger partial charge in [0.2, 0.25) is 0 Å². The van der Waals surface area contributed by atoms with E-state index in [0.29, 0.717) is 25.9 Å². The summed E-state index contributed by atoms with van der Waals surface area (Å²) in [4.78, 5) is 10.6. The zero-order valence-electron chi connectivity index (χ0n) is 18.3. The maximum absolute atomic E-state index is 11.4. The monoisotopic (exact) mass is 430 g/mol. The van der Waals surface area contributed by atoms with E-state index < -0.39 is 17.9 Å². The van der Waals surface area contributed by atoms with Crippen LogP contribution < -0.4 is 0 Å². The molecule has 2 bridgehead atoms. The van der Waals surface area contributed by atoms with Crippen LogP contribution in [0, 0.1) is 11.8 Å². The number of fused-ring (bicyclic) bond motifs is 2. The van der Waals surface area contributed by atoms with E-state index in [1.165, 1.54) is 0 Å². The zero-order valence-corrected chi connectivity index (χ0v) is 18.3. The van der Waals surface area contributed by atoms with E-state index in [4.69, 9.17) is 14.6 Å². The second kappa shape index (κ2) is 10.6. The first-order valence-corrected chi connectivity index (χ1v) is 11.1. The quantitative estimate of drug-likeness (QED) is 0.386. The molecular formula is C25H34O6. The van der Waals surface area contributed by atoms with Gasteiger partial charge < -0.3 is 24.8 Å². The number of methoxy groups -OCH3 is 1. The number of benzene rings is 1. The number of carbonyl (C=O) groups is 1. The van der Waals surface area contributed by atoms with Crippen molar-refractivity contribution in [1.82, 2.24) is 0 Å². The second-order valence-corrected chi connectivity index (χ2v) is 8.70. The van der Waals surface area contributed by atoms with E-state index in [9.17, 15) is 15.0 Å². The molecule has 2 aliphatic rings. The fourth-order valence-electron chi connectivity index (χ4n) is 4.70. The number of hydrogen-bond donors (Lipinski definition) is 3. The van der Waals surface area contributed by atoms with Crippen LogP contribution in [0.1, 0.15) is 56.1 Å². The minimum atomic E-state index is -1.45. The number of ether oxygens (including phenoxy) is 2. The largest absolute Gasteiger partial charge is 0.481 e. The maximum atomic E-state index is 11.4. The molecule has 31 heavy (non-hydrogen) atoms. The Balaban J connectivity index is 1.69. The van der Waals surface area contributed by atoms with Crippen molar-refractivity contribution in [3.05, 3.63) is 59.7 Å². The Labute approximate surface area is 184 Å². The van der Waals surface area contributed by atoms with E-state index in [2.05, 4.69) is 0 Å². The molecule has 1 aromatic rings. The van der Waals surface area contributed by atoms with Crippen molar-refractivity contribution in [2.45, 2.75) is 69.5 Å². The van der Waals surface area contributed by atoms with Gasteiger partial charge in [0.25, 0.3) is 0 Å². The third kappa shape index (κ3) is 5.83. The van der Waals surface area contributed by atoms with Crippen molar-refractivity contribution in [1.29, 1.82) is 0 Å². The highest BCUT2D eigenvalue weighted by atomic mass is 16.6. The molecule has 0 radical (unpaired) electrons. The highest BCUT2D eigenvalue weighted by Gasteiger charge is 2.48. The SMILES string of the molecule is COCc1cccc(C(C)C2(O)C=C[C@H]3[C@@H](O)CC(O2)[C@@H]3CC=CCCCC(=O)O)c1. The third-order valence-electron chi connectivity index (χ3n) is 6.51. The Morgan fingerprint density at radius 2 is 2.19 bits per heavy atom. The molecule has 1 aromatic carbocycles. The van der Waals surface area contributed by atoms with Crippen LogP contribution in [0.4, 0.5) is 0 Å². The number of rotatable bonds is 10. The number of aliphatic carboxylic acids is 1. The fourth-order valence-corrected chi connectivity index (χ4v) is 4.70. The molecular weight excluding hydrogens is 396 g/mol. The molecule has 6 atom stereocenters. The van der Waals surface area contributed by atoms with Gasteiger partial charge in [0.1, 0.15) is 0 Å². The van der Waals surface area contributed by atoms with Gasteiger partial charge in [0.15, 0.2) is 5.79 Å². The third-order valence-corrected chi connectivity index (χ3v) is 6.51. The van der Waals surface area contributed by atoms with Crippen LogP contribution in [0.5, 0.6) is 0 Å². The number of aliphatic hydroxyl groups is 2. The van der Waals surface area contributed by atoms with Gasteiger partial charge >= 0.3 is 5.97 Å². The first-order valence-electron chi connectivity index (χ1n) is 11.1. The molecule has 1 aliphatic carbocycles. The van der Waals surface area contributed by atoms with E-state index in [1.807, 2.05) is 49.4 Å². The predicted molar refractivity (Wildman–Crippen MR) is 117 cm³/mol. The minimum absolute atomic E-state index is 0.0722. The van der Waals surface area contributed by atoms with Crippen molar-refractivity contribution in [2.24, 2.45) is 11.8 Å². The average Bonchev–Trinajstić information content (AvgIpc) is 2.93. The van der Waals surface area contributed by atoms with Gasteiger partial charge in [-0.1, -0.05) is 49.4 Å². The lowest BCUT2D eigenvalue weighted by Crippen LogP contribution is -2.40. The van der Waals surface area contributed by atoms with Crippen molar-refractivity contribution >= 4 is 5.97 Å². The minimum Gasteiger partial charge on any atom is -0.481 e. The van der Waals surface area contributed by atoms with E-state index in [-0.39, 0.29) is 30.3 Å². The van der Waals surface area contributed by atoms with Gasteiger partial charge in [-0.2, -0.15) is 0 Å². The van der Waals surface area contributed by atoms with Gasteiger partial charge in [-0.25, -0.2) is 0 Å². The zero-order chi connectivity index (χ0) is 22.4. The molecule has 6 nitrogen and oxygen atoms in total. The molecule has 0 spiro atoms. The normalized spacial score (nSPS) is 31.1. The van der Waals surface area contributed by atoms with Crippen molar-refractivity contribution in [3.8, 4) is 0 Å². The number of hydrogen-bond acceptors (Lipinski definition) is 5. The summed E-state index contributed by atoms with van der Waals surface area (Å²) in [5.41, 5.74) is 2.01. The van der Waals surface area contributed by atoms with Gasteiger partial charge in [0, 0.05) is 31.8 Å². The molecule has 1 aliphatic heterocycles. The van der Waals surface area contributed by atoms with E-state index in [1.54, 1.807) is 13.2 Å². The molecule has 170 valence electrons. The smallest absolute Gasteiger partial charge is 0.303 e. The average molecular weight is 431 g/mol. The Morgan fingerprint density at radius 3 is 2.94 bits per heavy atom. The topological polar surface area (TPSA) is 96.2 Å². The lowest BCUT2D eigenvalue weighted by molar-refractivity contribution is -0.214. The Hall–Kier alpha value is -1.99. The molecule has 3 unspecified atom stereocenters. The van der Waals surface area contributed by atoms with Crippen LogP contribution in [0.3, 0.4) is 0 Å². The Bertz CT molecular complexity index is 803. The van der Waals surface area contributed by atoms with Crippen LogP contribution in [0.15, 0.2) is 48.6 Å². The van der Waals surface area contributed by atoms with Crippen molar-refractivity contribution in [3.63, 3.8) is 0 Å². The summed E-state index contributed by atoms with van der Waals surface area (Å²) in [7, 11) is 1.66. The number of carboxylic acids is 1. The summed E-state index contributed by atoms with van der Waals surface area (Å²) >= 11 is 0. The summed E-state index contributed by atoms with van der Waals surface area (Å²) in [5.74, 6) is -2.52. The number of carboxylic acid groups (broad SMARTS) is 1. The van der Waals surface area contributed by atoms with Crippen LogP contribution in [-0.4, -0.2) is 46.4 Å². The van der Waals surface area contributed by atoms with Crippen LogP contribution >= 0.6 is 0 Å². The molecule has 0 amide bonds. The highest BCUT2D eigenvalue weighted by molar-refractivity contribution is 5.66. The molecule has 1 heterocycles. The number of unbranched alkanes of at least 4 members (excludes halogenated alkanes) is 1. The van der Waals surface area contributed by atoms with Gasteiger partial charge in [-0.05, 0) is 42.4 Å². The fraction of sp³-hybridized carbons (Fsp3) is 0.560. The van der Waals surface area contributed by atoms with Crippen LogP contribution in [0.25, 0.3) is 0 Å². The summed E-state index contributed by atoms with van der Waals surface area (Å²) in [6.07, 6.45) is 9.62. The van der Waals surface area contributed by atoms with Crippen LogP contribution in [-0.2, 0) is 20.9 Å². The molecule has 0 aromatic heterocycles. The lowest BCUT2D eigenvalue weighted by Gasteiger charge is -2.35. The molecule has 3 rings (SSSR count). The van der Waals surface area contributed by atoms with Gasteiger partial charge in [-0.15, -0.1) is 0 Å². The molecule has 1 saturated carbocycles.